The number of para-hydroxylation sites is 2. The maximum Gasteiger partial charge on any atom is 0.164 e. The fourth-order valence-corrected chi connectivity index (χ4v) is 9.57. The van der Waals surface area contributed by atoms with Crippen LogP contribution in [0.3, 0.4) is 0 Å². The molecule has 0 atom stereocenters. The van der Waals surface area contributed by atoms with E-state index >= 15 is 0 Å². The van der Waals surface area contributed by atoms with Crippen molar-refractivity contribution in [3.05, 3.63) is 206 Å². The number of furan rings is 1. The smallest absolute Gasteiger partial charge is 0.164 e. The van der Waals surface area contributed by atoms with Gasteiger partial charge in [0, 0.05) is 43.6 Å². The van der Waals surface area contributed by atoms with Crippen LogP contribution in [0.2, 0.25) is 0 Å². The number of rotatable bonds is 5. The summed E-state index contributed by atoms with van der Waals surface area (Å²) in [5, 5.41) is 11.8. The van der Waals surface area contributed by atoms with Gasteiger partial charge in [0.25, 0.3) is 0 Å². The number of aromatic nitrogens is 4. The van der Waals surface area contributed by atoms with Gasteiger partial charge in [-0.15, -0.1) is 0 Å². The summed E-state index contributed by atoms with van der Waals surface area (Å²) in [5.41, 5.74) is 10.3. The molecule has 0 N–H and O–H groups in total. The highest BCUT2D eigenvalue weighted by Crippen LogP contribution is 2.43. The van der Waals surface area contributed by atoms with Crippen molar-refractivity contribution in [2.45, 2.75) is 0 Å². The van der Waals surface area contributed by atoms with Crippen molar-refractivity contribution in [3.63, 3.8) is 0 Å². The van der Waals surface area contributed by atoms with Crippen LogP contribution >= 0.6 is 0 Å². The van der Waals surface area contributed by atoms with Gasteiger partial charge in [-0.25, -0.2) is 15.0 Å². The Bertz CT molecular complexity index is 3870. The van der Waals surface area contributed by atoms with Crippen LogP contribution in [0.5, 0.6) is 0 Å². The van der Waals surface area contributed by atoms with E-state index < -0.39 is 0 Å². The Hall–Kier alpha value is -8.41. The predicted octanol–water partition coefficient (Wildman–Crippen LogP) is 15.0. The molecule has 3 heterocycles. The van der Waals surface area contributed by atoms with E-state index in [1.807, 2.05) is 48.5 Å². The second-order valence-corrected chi connectivity index (χ2v) is 15.9. The topological polar surface area (TPSA) is 56.7 Å². The highest BCUT2D eigenvalue weighted by molar-refractivity contribution is 6.28. The fraction of sp³-hybridized carbons (Fsp3) is 0. The van der Waals surface area contributed by atoms with E-state index in [0.717, 1.165) is 71.9 Å². The van der Waals surface area contributed by atoms with E-state index in [9.17, 15) is 0 Å². The Kier molecular flexibility index (Phi) is 7.54. The fourth-order valence-electron chi connectivity index (χ4n) is 9.57. The number of benzene rings is 10. The van der Waals surface area contributed by atoms with Crippen molar-refractivity contribution in [2.75, 3.05) is 0 Å². The minimum Gasteiger partial charge on any atom is -0.456 e. The molecule has 0 aliphatic rings. The Morgan fingerprint density at radius 3 is 1.53 bits per heavy atom. The van der Waals surface area contributed by atoms with E-state index in [1.165, 1.54) is 37.7 Å². The molecule has 10 aromatic carbocycles. The normalized spacial score (nSPS) is 11.9. The monoisotopic (exact) mass is 790 g/mol. The lowest BCUT2D eigenvalue weighted by molar-refractivity contribution is 0.669. The first kappa shape index (κ1) is 34.5. The van der Waals surface area contributed by atoms with Crippen LogP contribution in [0.4, 0.5) is 0 Å². The van der Waals surface area contributed by atoms with E-state index in [4.69, 9.17) is 19.4 Å². The van der Waals surface area contributed by atoms with Gasteiger partial charge in [-0.05, 0) is 86.6 Å². The first-order valence-corrected chi connectivity index (χ1v) is 20.9. The number of nitrogens with zero attached hydrogens (tertiary/aromatic N) is 4. The summed E-state index contributed by atoms with van der Waals surface area (Å²) in [7, 11) is 0. The number of hydrogen-bond donors (Lipinski definition) is 0. The second-order valence-electron chi connectivity index (χ2n) is 15.9. The lowest BCUT2D eigenvalue weighted by Crippen LogP contribution is -2.00. The molecule has 5 heteroatoms. The van der Waals surface area contributed by atoms with Gasteiger partial charge in [-0.1, -0.05) is 158 Å². The van der Waals surface area contributed by atoms with Crippen LogP contribution in [0, 0.1) is 0 Å². The van der Waals surface area contributed by atoms with Gasteiger partial charge in [-0.2, -0.15) is 0 Å². The van der Waals surface area contributed by atoms with Gasteiger partial charge in [0.15, 0.2) is 17.5 Å². The molecule has 0 saturated carbocycles. The van der Waals surface area contributed by atoms with Gasteiger partial charge in [0.1, 0.15) is 11.2 Å². The molecule has 288 valence electrons. The van der Waals surface area contributed by atoms with E-state index in [0.29, 0.717) is 17.5 Å². The average molecular weight is 791 g/mol. The van der Waals surface area contributed by atoms with Gasteiger partial charge in [0.2, 0.25) is 0 Å². The molecule has 3 aromatic heterocycles. The second kappa shape index (κ2) is 13.6. The predicted molar refractivity (Wildman–Crippen MR) is 256 cm³/mol. The molecule has 0 amide bonds. The Labute approximate surface area is 355 Å². The van der Waals surface area contributed by atoms with Crippen LogP contribution in [0.25, 0.3) is 127 Å². The Balaban J connectivity index is 1.06. The largest absolute Gasteiger partial charge is 0.456 e. The summed E-state index contributed by atoms with van der Waals surface area (Å²) in [6.45, 7) is 0. The molecule has 0 aliphatic heterocycles. The van der Waals surface area contributed by atoms with Gasteiger partial charge in [-0.3, -0.25) is 0 Å². The molecule has 0 unspecified atom stereocenters. The zero-order chi connectivity index (χ0) is 40.7. The molecule has 0 radical (unpaired) electrons. The Morgan fingerprint density at radius 1 is 0.290 bits per heavy atom. The van der Waals surface area contributed by atoms with Gasteiger partial charge in [0.05, 0.1) is 16.7 Å². The average Bonchev–Trinajstić information content (AvgIpc) is 3.89. The molecule has 13 aromatic rings. The van der Waals surface area contributed by atoms with E-state index in [-0.39, 0.29) is 0 Å². The first-order chi connectivity index (χ1) is 30.7. The zero-order valence-electron chi connectivity index (χ0n) is 33.3. The molecule has 0 saturated heterocycles. The van der Waals surface area contributed by atoms with Crippen molar-refractivity contribution in [3.8, 4) is 51.0 Å². The van der Waals surface area contributed by atoms with E-state index in [2.05, 4.69) is 162 Å². The molecule has 0 bridgehead atoms. The molecule has 5 nitrogen and oxygen atoms in total. The van der Waals surface area contributed by atoms with Crippen molar-refractivity contribution >= 4 is 76.1 Å². The SMILES string of the molecule is c1ccc(-c2nc(-c3ccccc3)nc(-c3ccc4c5ccccc5c5cccc(-n6c7ccccc7c7cc(-c8ccc9oc%10ccccc%10c9c8)ccc76)c5c4c3)n2)cc1. The molecule has 13 rings (SSSR count). The molecule has 0 fully saturated rings. The molecular weight excluding hydrogens is 757 g/mol. The molecule has 0 spiro atoms. The van der Waals surface area contributed by atoms with Crippen LogP contribution in [-0.2, 0) is 0 Å². The van der Waals surface area contributed by atoms with Crippen molar-refractivity contribution in [1.29, 1.82) is 0 Å². The van der Waals surface area contributed by atoms with Crippen LogP contribution < -0.4 is 0 Å². The standard InChI is InChI=1S/C57H34N4O/c1-3-14-35(15-4-1)55-58-56(36-16-5-2-6-17-36)60-57(59-55)39-26-29-42-40-18-7-8-19-41(40)45-22-13-24-51(54(45)48(42)34-39)61-49-23-11-9-20-43(49)46-32-37(27-30-50(46)61)38-28-31-53-47(33-38)44-21-10-12-25-52(44)62-53/h1-34H. The summed E-state index contributed by atoms with van der Waals surface area (Å²) in [6.07, 6.45) is 0. The van der Waals surface area contributed by atoms with Crippen LogP contribution in [0.1, 0.15) is 0 Å². The van der Waals surface area contributed by atoms with Gasteiger partial charge >= 0.3 is 0 Å². The summed E-state index contributed by atoms with van der Waals surface area (Å²) < 4.78 is 8.64. The highest BCUT2D eigenvalue weighted by atomic mass is 16.3. The highest BCUT2D eigenvalue weighted by Gasteiger charge is 2.20. The first-order valence-electron chi connectivity index (χ1n) is 20.9. The maximum absolute atomic E-state index is 6.18. The van der Waals surface area contributed by atoms with Crippen LogP contribution in [0.15, 0.2) is 211 Å². The minimum absolute atomic E-state index is 0.629. The zero-order valence-corrected chi connectivity index (χ0v) is 33.3. The third-order valence-corrected chi connectivity index (χ3v) is 12.4. The molecular formula is C57H34N4O. The minimum atomic E-state index is 0.629. The summed E-state index contributed by atoms with van der Waals surface area (Å²) in [4.78, 5) is 15.2. The van der Waals surface area contributed by atoms with Crippen molar-refractivity contribution < 1.29 is 4.42 Å². The van der Waals surface area contributed by atoms with Crippen molar-refractivity contribution in [2.24, 2.45) is 0 Å². The lowest BCUT2D eigenvalue weighted by atomic mass is 9.92. The lowest BCUT2D eigenvalue weighted by Gasteiger charge is -2.17. The summed E-state index contributed by atoms with van der Waals surface area (Å²) >= 11 is 0. The van der Waals surface area contributed by atoms with Crippen molar-refractivity contribution in [1.82, 2.24) is 19.5 Å². The third-order valence-electron chi connectivity index (χ3n) is 12.4. The number of fused-ring (bicyclic) bond motifs is 12. The Morgan fingerprint density at radius 2 is 0.790 bits per heavy atom. The molecule has 0 aliphatic carbocycles. The quantitative estimate of drug-likeness (QED) is 0.163. The molecule has 62 heavy (non-hydrogen) atoms. The van der Waals surface area contributed by atoms with Gasteiger partial charge < -0.3 is 8.98 Å². The number of hydrogen-bond acceptors (Lipinski definition) is 4. The maximum atomic E-state index is 6.18. The van der Waals surface area contributed by atoms with E-state index in [1.54, 1.807) is 0 Å². The summed E-state index contributed by atoms with van der Waals surface area (Å²) in [5.74, 6) is 1.91. The van der Waals surface area contributed by atoms with Crippen LogP contribution in [-0.4, -0.2) is 19.5 Å². The third kappa shape index (κ3) is 5.32. The summed E-state index contributed by atoms with van der Waals surface area (Å²) in [6, 6.07) is 72.9.